The van der Waals surface area contributed by atoms with E-state index in [9.17, 15) is 9.59 Å². The van der Waals surface area contributed by atoms with Gasteiger partial charge in [-0.15, -0.1) is 0 Å². The first-order chi connectivity index (χ1) is 7.70. The fourth-order valence-corrected chi connectivity index (χ4v) is 2.42. The standard InChI is InChI=1S/C12H22N2O2/c1-2-11(15)9-5-3-4-6-10(9)12(16)14-8-7-13/h9-10H,2-8,13H2,1H3,(H,14,16)/t9-,10+/m0/s1. The Labute approximate surface area is 97.0 Å². The monoisotopic (exact) mass is 226 g/mol. The average Bonchev–Trinajstić information content (AvgIpc) is 2.35. The largest absolute Gasteiger partial charge is 0.355 e. The molecule has 1 rings (SSSR count). The highest BCUT2D eigenvalue weighted by molar-refractivity contribution is 5.88. The molecule has 0 bridgehead atoms. The van der Waals surface area contributed by atoms with E-state index in [-0.39, 0.29) is 23.5 Å². The van der Waals surface area contributed by atoms with Gasteiger partial charge in [0.05, 0.1) is 0 Å². The summed E-state index contributed by atoms with van der Waals surface area (Å²) in [5.41, 5.74) is 5.35. The Kier molecular flexibility index (Phi) is 5.46. The van der Waals surface area contributed by atoms with Gasteiger partial charge in [0, 0.05) is 31.3 Å². The van der Waals surface area contributed by atoms with Crippen molar-refractivity contribution in [1.82, 2.24) is 5.32 Å². The zero-order chi connectivity index (χ0) is 12.0. The summed E-state index contributed by atoms with van der Waals surface area (Å²) in [5, 5.41) is 2.79. The normalized spacial score (nSPS) is 25.1. The van der Waals surface area contributed by atoms with Gasteiger partial charge in [0.15, 0.2) is 0 Å². The van der Waals surface area contributed by atoms with Crippen LogP contribution in [0.25, 0.3) is 0 Å². The van der Waals surface area contributed by atoms with E-state index in [1.165, 1.54) is 0 Å². The third-order valence-corrected chi connectivity index (χ3v) is 3.31. The highest BCUT2D eigenvalue weighted by atomic mass is 16.2. The first-order valence-corrected chi connectivity index (χ1v) is 6.21. The highest BCUT2D eigenvalue weighted by Gasteiger charge is 2.34. The second-order valence-corrected chi connectivity index (χ2v) is 4.40. The van der Waals surface area contributed by atoms with Crippen molar-refractivity contribution in [2.45, 2.75) is 39.0 Å². The van der Waals surface area contributed by atoms with Crippen molar-refractivity contribution in [1.29, 1.82) is 0 Å². The van der Waals surface area contributed by atoms with E-state index in [1.54, 1.807) is 0 Å². The van der Waals surface area contributed by atoms with Crippen LogP contribution in [0.5, 0.6) is 0 Å². The van der Waals surface area contributed by atoms with Crippen molar-refractivity contribution in [3.8, 4) is 0 Å². The number of nitrogens with one attached hydrogen (secondary N) is 1. The number of carbonyl (C=O) groups is 2. The van der Waals surface area contributed by atoms with Crippen molar-refractivity contribution in [2.24, 2.45) is 17.6 Å². The molecule has 1 aliphatic rings. The molecule has 4 nitrogen and oxygen atoms in total. The Balaban J connectivity index is 2.59. The molecule has 92 valence electrons. The summed E-state index contributed by atoms with van der Waals surface area (Å²) >= 11 is 0. The van der Waals surface area contributed by atoms with Crippen molar-refractivity contribution >= 4 is 11.7 Å². The van der Waals surface area contributed by atoms with Gasteiger partial charge in [-0.05, 0) is 12.8 Å². The van der Waals surface area contributed by atoms with E-state index < -0.39 is 0 Å². The molecule has 0 spiro atoms. The zero-order valence-corrected chi connectivity index (χ0v) is 10.00. The van der Waals surface area contributed by atoms with Gasteiger partial charge in [0.1, 0.15) is 5.78 Å². The van der Waals surface area contributed by atoms with Crippen LogP contribution in [-0.2, 0) is 9.59 Å². The Morgan fingerprint density at radius 2 is 1.88 bits per heavy atom. The zero-order valence-electron chi connectivity index (χ0n) is 10.00. The fourth-order valence-electron chi connectivity index (χ4n) is 2.42. The molecule has 0 aromatic rings. The van der Waals surface area contributed by atoms with Gasteiger partial charge in [-0.1, -0.05) is 19.8 Å². The Morgan fingerprint density at radius 1 is 1.25 bits per heavy atom. The molecule has 1 aliphatic carbocycles. The number of Topliss-reactive ketones (excluding diaryl/α,β-unsaturated/α-hetero) is 1. The van der Waals surface area contributed by atoms with Gasteiger partial charge in [0.2, 0.25) is 5.91 Å². The molecule has 0 aromatic heterocycles. The first kappa shape index (κ1) is 13.2. The molecule has 1 fully saturated rings. The molecule has 3 N–H and O–H groups in total. The summed E-state index contributed by atoms with van der Waals surface area (Å²) in [6, 6.07) is 0. The molecule has 0 heterocycles. The van der Waals surface area contributed by atoms with E-state index in [1.807, 2.05) is 6.92 Å². The molecule has 0 aliphatic heterocycles. The van der Waals surface area contributed by atoms with Crippen LogP contribution in [-0.4, -0.2) is 24.8 Å². The molecule has 1 saturated carbocycles. The summed E-state index contributed by atoms with van der Waals surface area (Å²) in [4.78, 5) is 23.6. The molecule has 0 radical (unpaired) electrons. The summed E-state index contributed by atoms with van der Waals surface area (Å²) in [6.45, 7) is 2.82. The predicted octanol–water partition coefficient (Wildman–Crippen LogP) is 0.847. The molecule has 0 saturated heterocycles. The molecule has 0 unspecified atom stereocenters. The minimum Gasteiger partial charge on any atom is -0.355 e. The lowest BCUT2D eigenvalue weighted by atomic mass is 9.76. The van der Waals surface area contributed by atoms with Gasteiger partial charge in [0.25, 0.3) is 0 Å². The van der Waals surface area contributed by atoms with E-state index in [0.717, 1.165) is 25.7 Å². The number of rotatable bonds is 5. The minimum atomic E-state index is -0.118. The molecular formula is C12H22N2O2. The number of nitrogens with two attached hydrogens (primary N) is 1. The fraction of sp³-hybridized carbons (Fsp3) is 0.833. The minimum absolute atomic E-state index is 0.0111. The predicted molar refractivity (Wildman–Crippen MR) is 62.8 cm³/mol. The lowest BCUT2D eigenvalue weighted by Gasteiger charge is -2.29. The van der Waals surface area contributed by atoms with Crippen LogP contribution in [0.2, 0.25) is 0 Å². The van der Waals surface area contributed by atoms with Crippen LogP contribution in [0.1, 0.15) is 39.0 Å². The van der Waals surface area contributed by atoms with Crippen molar-refractivity contribution in [2.75, 3.05) is 13.1 Å². The van der Waals surface area contributed by atoms with E-state index in [0.29, 0.717) is 19.5 Å². The van der Waals surface area contributed by atoms with Crippen molar-refractivity contribution in [3.05, 3.63) is 0 Å². The number of ketones is 1. The van der Waals surface area contributed by atoms with Crippen LogP contribution in [0.15, 0.2) is 0 Å². The van der Waals surface area contributed by atoms with Crippen LogP contribution >= 0.6 is 0 Å². The number of hydrogen-bond donors (Lipinski definition) is 2. The van der Waals surface area contributed by atoms with E-state index in [2.05, 4.69) is 5.32 Å². The molecule has 16 heavy (non-hydrogen) atoms. The summed E-state index contributed by atoms with van der Waals surface area (Å²) in [5.74, 6) is 0.0637. The number of amides is 1. The maximum absolute atomic E-state index is 11.9. The molecular weight excluding hydrogens is 204 g/mol. The van der Waals surface area contributed by atoms with E-state index >= 15 is 0 Å². The highest BCUT2D eigenvalue weighted by Crippen LogP contribution is 2.31. The Morgan fingerprint density at radius 3 is 2.44 bits per heavy atom. The van der Waals surface area contributed by atoms with Gasteiger partial charge in [-0.2, -0.15) is 0 Å². The second kappa shape index (κ2) is 6.63. The smallest absolute Gasteiger partial charge is 0.223 e. The molecule has 4 heteroatoms. The van der Waals surface area contributed by atoms with Gasteiger partial charge in [-0.3, -0.25) is 9.59 Å². The summed E-state index contributed by atoms with van der Waals surface area (Å²) in [7, 11) is 0. The molecule has 2 atom stereocenters. The lowest BCUT2D eigenvalue weighted by molar-refractivity contribution is -0.135. The maximum atomic E-state index is 11.9. The lowest BCUT2D eigenvalue weighted by Crippen LogP contribution is -2.41. The Hall–Kier alpha value is -0.900. The topological polar surface area (TPSA) is 72.2 Å². The van der Waals surface area contributed by atoms with Crippen LogP contribution < -0.4 is 11.1 Å². The van der Waals surface area contributed by atoms with Crippen molar-refractivity contribution in [3.63, 3.8) is 0 Å². The third kappa shape index (κ3) is 3.30. The van der Waals surface area contributed by atoms with Crippen LogP contribution in [0.3, 0.4) is 0 Å². The van der Waals surface area contributed by atoms with Crippen LogP contribution in [0, 0.1) is 11.8 Å². The summed E-state index contributed by atoms with van der Waals surface area (Å²) in [6.07, 6.45) is 4.36. The second-order valence-electron chi connectivity index (χ2n) is 4.40. The van der Waals surface area contributed by atoms with Gasteiger partial charge >= 0.3 is 0 Å². The van der Waals surface area contributed by atoms with E-state index in [4.69, 9.17) is 5.73 Å². The third-order valence-electron chi connectivity index (χ3n) is 3.31. The quantitative estimate of drug-likeness (QED) is 0.730. The maximum Gasteiger partial charge on any atom is 0.223 e. The number of carbonyl (C=O) groups excluding carboxylic acids is 2. The van der Waals surface area contributed by atoms with Crippen molar-refractivity contribution < 1.29 is 9.59 Å². The Bertz CT molecular complexity index is 253. The SMILES string of the molecule is CCC(=O)[C@H]1CCCC[C@H]1C(=O)NCCN. The van der Waals surface area contributed by atoms with Gasteiger partial charge < -0.3 is 11.1 Å². The first-order valence-electron chi connectivity index (χ1n) is 6.21. The molecule has 0 aromatic carbocycles. The molecule has 1 amide bonds. The van der Waals surface area contributed by atoms with Gasteiger partial charge in [-0.25, -0.2) is 0 Å². The summed E-state index contributed by atoms with van der Waals surface area (Å²) < 4.78 is 0. The number of hydrogen-bond acceptors (Lipinski definition) is 3. The van der Waals surface area contributed by atoms with Crippen LogP contribution in [0.4, 0.5) is 0 Å². The average molecular weight is 226 g/mol.